The van der Waals surface area contributed by atoms with E-state index in [0.717, 1.165) is 0 Å². The molecule has 2 aromatic rings. The Kier molecular flexibility index (Phi) is 4.14. The third kappa shape index (κ3) is 3.42. The second-order valence-corrected chi connectivity index (χ2v) is 4.56. The van der Waals surface area contributed by atoms with Gasteiger partial charge in [-0.15, -0.1) is 0 Å². The molecule has 0 radical (unpaired) electrons. The van der Waals surface area contributed by atoms with Crippen LogP contribution in [0.3, 0.4) is 0 Å². The highest BCUT2D eigenvalue weighted by molar-refractivity contribution is 5.30. The zero-order valence-corrected chi connectivity index (χ0v) is 11.3. The zero-order valence-electron chi connectivity index (χ0n) is 11.3. The first-order valence-corrected chi connectivity index (χ1v) is 6.10. The van der Waals surface area contributed by atoms with Crippen LogP contribution >= 0.6 is 0 Å². The molecule has 106 valence electrons. The van der Waals surface area contributed by atoms with Gasteiger partial charge in [0.2, 0.25) is 11.8 Å². The minimum atomic E-state index is -1.24. The zero-order chi connectivity index (χ0) is 14.6. The molecule has 2 N–H and O–H groups in total. The molecule has 0 saturated heterocycles. The minimum Gasteiger partial charge on any atom is -0.481 e. The van der Waals surface area contributed by atoms with Crippen molar-refractivity contribution in [2.75, 3.05) is 19.0 Å². The van der Waals surface area contributed by atoms with Crippen molar-refractivity contribution in [3.63, 3.8) is 0 Å². The lowest BCUT2D eigenvalue weighted by Crippen LogP contribution is -2.31. The number of anilines is 1. The maximum Gasteiger partial charge on any atom is 0.226 e. The highest BCUT2D eigenvalue weighted by Gasteiger charge is 2.23. The highest BCUT2D eigenvalue weighted by atomic mass is 19.1. The Morgan fingerprint density at radius 2 is 2.20 bits per heavy atom. The summed E-state index contributed by atoms with van der Waals surface area (Å²) >= 11 is 0. The molecule has 1 aromatic heterocycles. The van der Waals surface area contributed by atoms with Gasteiger partial charge in [0.05, 0.1) is 13.7 Å². The van der Waals surface area contributed by atoms with Crippen molar-refractivity contribution >= 4 is 5.95 Å². The van der Waals surface area contributed by atoms with Crippen molar-refractivity contribution in [1.29, 1.82) is 0 Å². The second-order valence-electron chi connectivity index (χ2n) is 4.56. The predicted octanol–water partition coefficient (Wildman–Crippen LogP) is 1.94. The SMILES string of the molecule is COc1ccnc(NCC(C)(O)c2cccc(F)c2)n1. The first-order chi connectivity index (χ1) is 9.51. The maximum absolute atomic E-state index is 13.2. The van der Waals surface area contributed by atoms with Gasteiger partial charge in [0.15, 0.2) is 0 Å². The van der Waals surface area contributed by atoms with E-state index in [4.69, 9.17) is 4.74 Å². The molecule has 0 aliphatic carbocycles. The van der Waals surface area contributed by atoms with Gasteiger partial charge in [0.25, 0.3) is 0 Å². The third-order valence-electron chi connectivity index (χ3n) is 2.88. The molecule has 0 amide bonds. The number of nitrogens with zero attached hydrogens (tertiary/aromatic N) is 2. The number of halogens is 1. The van der Waals surface area contributed by atoms with E-state index in [9.17, 15) is 9.50 Å². The Hall–Kier alpha value is -2.21. The van der Waals surface area contributed by atoms with Crippen LogP contribution in [-0.4, -0.2) is 28.7 Å². The number of hydrogen-bond acceptors (Lipinski definition) is 5. The molecule has 20 heavy (non-hydrogen) atoms. The van der Waals surface area contributed by atoms with Gasteiger partial charge in [-0.2, -0.15) is 4.98 Å². The summed E-state index contributed by atoms with van der Waals surface area (Å²) in [6.45, 7) is 1.73. The lowest BCUT2D eigenvalue weighted by atomic mass is 9.96. The molecule has 1 atom stereocenters. The van der Waals surface area contributed by atoms with Crippen molar-refractivity contribution in [2.24, 2.45) is 0 Å². The van der Waals surface area contributed by atoms with Crippen LogP contribution in [0.25, 0.3) is 0 Å². The van der Waals surface area contributed by atoms with Gasteiger partial charge in [0, 0.05) is 12.3 Å². The molecule has 0 aliphatic rings. The number of methoxy groups -OCH3 is 1. The van der Waals surface area contributed by atoms with Gasteiger partial charge in [-0.3, -0.25) is 0 Å². The molecule has 0 bridgehead atoms. The van der Waals surface area contributed by atoms with E-state index in [2.05, 4.69) is 15.3 Å². The molecule has 1 unspecified atom stereocenters. The number of hydrogen-bond donors (Lipinski definition) is 2. The van der Waals surface area contributed by atoms with Gasteiger partial charge < -0.3 is 15.2 Å². The van der Waals surface area contributed by atoms with Crippen LogP contribution in [0.4, 0.5) is 10.3 Å². The number of aliphatic hydroxyl groups is 1. The quantitative estimate of drug-likeness (QED) is 0.874. The molecule has 0 aliphatic heterocycles. The Balaban J connectivity index is 2.08. The molecule has 5 nitrogen and oxygen atoms in total. The second kappa shape index (κ2) is 5.83. The van der Waals surface area contributed by atoms with Crippen molar-refractivity contribution < 1.29 is 14.2 Å². The van der Waals surface area contributed by atoms with Crippen molar-refractivity contribution in [3.05, 3.63) is 47.9 Å². The smallest absolute Gasteiger partial charge is 0.226 e. The van der Waals surface area contributed by atoms with Crippen LogP contribution < -0.4 is 10.1 Å². The summed E-state index contributed by atoms with van der Waals surface area (Å²) in [7, 11) is 1.51. The monoisotopic (exact) mass is 277 g/mol. The Labute approximate surface area is 116 Å². The van der Waals surface area contributed by atoms with Gasteiger partial charge in [0.1, 0.15) is 11.4 Å². The first kappa shape index (κ1) is 14.2. The number of nitrogens with one attached hydrogen (secondary N) is 1. The number of rotatable bonds is 5. The predicted molar refractivity (Wildman–Crippen MR) is 73.0 cm³/mol. The summed E-state index contributed by atoms with van der Waals surface area (Å²) in [5.41, 5.74) is -0.762. The molecular formula is C14H16FN3O2. The Bertz CT molecular complexity index is 590. The molecule has 2 rings (SSSR count). The molecule has 1 heterocycles. The van der Waals surface area contributed by atoms with Gasteiger partial charge in [-0.25, -0.2) is 9.37 Å². The fourth-order valence-corrected chi connectivity index (χ4v) is 1.72. The minimum absolute atomic E-state index is 0.142. The summed E-state index contributed by atoms with van der Waals surface area (Å²) in [4.78, 5) is 8.09. The normalized spacial score (nSPS) is 13.6. The summed E-state index contributed by atoms with van der Waals surface area (Å²) in [5.74, 6) is 0.370. The standard InChI is InChI=1S/C14H16FN3O2/c1-14(19,10-4-3-5-11(15)8-10)9-17-13-16-7-6-12(18-13)20-2/h3-8,19H,9H2,1-2H3,(H,16,17,18). The lowest BCUT2D eigenvalue weighted by molar-refractivity contribution is 0.0710. The van der Waals surface area contributed by atoms with Gasteiger partial charge in [-0.1, -0.05) is 12.1 Å². The molecule has 0 saturated carbocycles. The number of aromatic nitrogens is 2. The molecular weight excluding hydrogens is 261 g/mol. The average Bonchev–Trinajstić information content (AvgIpc) is 2.45. The van der Waals surface area contributed by atoms with Crippen LogP contribution in [0.1, 0.15) is 12.5 Å². The van der Waals surface area contributed by atoms with Crippen LogP contribution in [-0.2, 0) is 5.60 Å². The fraction of sp³-hybridized carbons (Fsp3) is 0.286. The topological polar surface area (TPSA) is 67.3 Å². The van der Waals surface area contributed by atoms with E-state index < -0.39 is 5.60 Å². The largest absolute Gasteiger partial charge is 0.481 e. The van der Waals surface area contributed by atoms with Crippen LogP contribution in [0.5, 0.6) is 5.88 Å². The van der Waals surface area contributed by atoms with Gasteiger partial charge >= 0.3 is 0 Å². The van der Waals surface area contributed by atoms with E-state index in [1.807, 2.05) is 0 Å². The summed E-state index contributed by atoms with van der Waals surface area (Å²) in [5, 5.41) is 13.3. The number of benzene rings is 1. The van der Waals surface area contributed by atoms with Crippen LogP contribution in [0.2, 0.25) is 0 Å². The van der Waals surface area contributed by atoms with Crippen LogP contribution in [0, 0.1) is 5.82 Å². The Morgan fingerprint density at radius 1 is 1.40 bits per heavy atom. The summed E-state index contributed by atoms with van der Waals surface area (Å²) in [6, 6.07) is 7.47. The average molecular weight is 277 g/mol. The van der Waals surface area contributed by atoms with Crippen LogP contribution in [0.15, 0.2) is 36.5 Å². The first-order valence-electron chi connectivity index (χ1n) is 6.10. The van der Waals surface area contributed by atoms with Crippen molar-refractivity contribution in [1.82, 2.24) is 9.97 Å². The molecule has 0 fully saturated rings. The summed E-state index contributed by atoms with van der Waals surface area (Å²) < 4.78 is 18.2. The van der Waals surface area contributed by atoms with E-state index in [-0.39, 0.29) is 12.4 Å². The molecule has 6 heteroatoms. The van der Waals surface area contributed by atoms with E-state index >= 15 is 0 Å². The van der Waals surface area contributed by atoms with E-state index in [1.54, 1.807) is 31.3 Å². The van der Waals surface area contributed by atoms with Gasteiger partial charge in [-0.05, 0) is 24.6 Å². The third-order valence-corrected chi connectivity index (χ3v) is 2.88. The van der Waals surface area contributed by atoms with E-state index in [0.29, 0.717) is 17.4 Å². The number of ether oxygens (including phenoxy) is 1. The Morgan fingerprint density at radius 3 is 2.90 bits per heavy atom. The molecule has 0 spiro atoms. The fourth-order valence-electron chi connectivity index (χ4n) is 1.72. The van der Waals surface area contributed by atoms with Crippen molar-refractivity contribution in [3.8, 4) is 5.88 Å². The highest BCUT2D eigenvalue weighted by Crippen LogP contribution is 2.21. The lowest BCUT2D eigenvalue weighted by Gasteiger charge is -2.24. The molecule has 1 aromatic carbocycles. The summed E-state index contributed by atoms with van der Waals surface area (Å²) in [6.07, 6.45) is 1.55. The van der Waals surface area contributed by atoms with E-state index in [1.165, 1.54) is 19.2 Å². The maximum atomic E-state index is 13.2. The van der Waals surface area contributed by atoms with Crippen molar-refractivity contribution in [2.45, 2.75) is 12.5 Å².